The fraction of sp³-hybridized carbons (Fsp3) is 0.158. The maximum absolute atomic E-state index is 11.0. The highest BCUT2D eigenvalue weighted by molar-refractivity contribution is 5.92. The fourth-order valence-electron chi connectivity index (χ4n) is 2.28. The number of aromatic carboxylic acids is 1. The van der Waals surface area contributed by atoms with Crippen molar-refractivity contribution in [1.82, 2.24) is 4.98 Å². The second-order valence-corrected chi connectivity index (χ2v) is 4.83. The van der Waals surface area contributed by atoms with Gasteiger partial charge in [-0.3, -0.25) is 0 Å². The summed E-state index contributed by atoms with van der Waals surface area (Å²) in [7, 11) is 0. The molecule has 3 N–H and O–H groups in total. The predicted octanol–water partition coefficient (Wildman–Crippen LogP) is 5.07. The lowest BCUT2D eigenvalue weighted by Gasteiger charge is -1.92. The number of fused-ring (bicyclic) bond motifs is 1. The molecule has 0 unspecified atom stereocenters. The number of allylic oxidation sites excluding steroid dienone is 1. The van der Waals surface area contributed by atoms with Crippen LogP contribution in [0.3, 0.4) is 0 Å². The van der Waals surface area contributed by atoms with Gasteiger partial charge in [0.15, 0.2) is 5.58 Å². The molecule has 0 spiro atoms. The van der Waals surface area contributed by atoms with Gasteiger partial charge in [0.2, 0.25) is 5.76 Å². The number of hydrogen-bond acceptors (Lipinski definition) is 5. The molecule has 0 saturated carbocycles. The number of benzene rings is 1. The molecular weight excluding hydrogens is 320 g/mol. The van der Waals surface area contributed by atoms with Crippen molar-refractivity contribution in [2.45, 2.75) is 20.8 Å². The minimum Gasteiger partial charge on any atom is -0.478 e. The zero-order valence-corrected chi connectivity index (χ0v) is 14.4. The number of carbonyl (C=O) groups is 1. The van der Waals surface area contributed by atoms with Crippen molar-refractivity contribution >= 4 is 34.9 Å². The number of nitrogens with zero attached hydrogens (tertiary/aromatic N) is 1. The molecule has 0 saturated heterocycles. The topological polar surface area (TPSA) is 102 Å². The predicted molar refractivity (Wildman–Crippen MR) is 99.2 cm³/mol. The summed E-state index contributed by atoms with van der Waals surface area (Å²) in [4.78, 5) is 15.3. The van der Waals surface area contributed by atoms with Gasteiger partial charge in [0.25, 0.3) is 5.89 Å². The summed E-state index contributed by atoms with van der Waals surface area (Å²) in [6, 6.07) is 4.45. The molecule has 0 atom stereocenters. The molecule has 2 heterocycles. The quantitative estimate of drug-likeness (QED) is 0.687. The Balaban J connectivity index is 0.00000109. The van der Waals surface area contributed by atoms with Crippen molar-refractivity contribution in [3.05, 3.63) is 47.7 Å². The summed E-state index contributed by atoms with van der Waals surface area (Å²) in [5, 5.41) is 9.02. The maximum Gasteiger partial charge on any atom is 0.335 e. The normalized spacial score (nSPS) is 10.7. The molecule has 6 nitrogen and oxygen atoms in total. The molecule has 0 bridgehead atoms. The molecule has 0 fully saturated rings. The van der Waals surface area contributed by atoms with Crippen LogP contribution >= 0.6 is 0 Å². The number of nitrogens with two attached hydrogens (primary N) is 1. The first-order valence-corrected chi connectivity index (χ1v) is 7.86. The van der Waals surface area contributed by atoms with E-state index in [9.17, 15) is 4.79 Å². The minimum atomic E-state index is -1.04. The van der Waals surface area contributed by atoms with Gasteiger partial charge in [0.05, 0.1) is 11.3 Å². The van der Waals surface area contributed by atoms with Gasteiger partial charge in [0.1, 0.15) is 11.3 Å². The number of furan rings is 1. The van der Waals surface area contributed by atoms with E-state index >= 15 is 0 Å². The van der Waals surface area contributed by atoms with Crippen LogP contribution in [0.2, 0.25) is 0 Å². The summed E-state index contributed by atoms with van der Waals surface area (Å²) in [6.07, 6.45) is 5.20. The largest absolute Gasteiger partial charge is 0.478 e. The van der Waals surface area contributed by atoms with Crippen molar-refractivity contribution < 1.29 is 18.7 Å². The Morgan fingerprint density at radius 3 is 2.64 bits per heavy atom. The smallest absolute Gasteiger partial charge is 0.335 e. The first kappa shape index (κ1) is 18.1. The standard InChI is InChI=1S/C17H14N2O4.C2H6/c1-3-5-10-12(4-2)22-15(14(10)18)16-19-11-7-6-9(17(20)21)8-13(11)23-16;1-2/h3-8H,2,18H2,1H3,(H,20,21);1-2H3/b5-3-;. The number of rotatable bonds is 4. The van der Waals surface area contributed by atoms with Crippen molar-refractivity contribution in [3.63, 3.8) is 0 Å². The molecule has 0 amide bonds. The lowest BCUT2D eigenvalue weighted by atomic mass is 10.2. The van der Waals surface area contributed by atoms with Crippen LogP contribution in [0.5, 0.6) is 0 Å². The van der Waals surface area contributed by atoms with Crippen LogP contribution in [0, 0.1) is 0 Å². The lowest BCUT2D eigenvalue weighted by Crippen LogP contribution is -1.94. The van der Waals surface area contributed by atoms with Gasteiger partial charge < -0.3 is 19.7 Å². The van der Waals surface area contributed by atoms with Crippen LogP contribution in [0.15, 0.2) is 39.7 Å². The monoisotopic (exact) mass is 340 g/mol. The van der Waals surface area contributed by atoms with E-state index in [4.69, 9.17) is 19.7 Å². The van der Waals surface area contributed by atoms with Gasteiger partial charge in [-0.25, -0.2) is 9.78 Å². The fourth-order valence-corrected chi connectivity index (χ4v) is 2.28. The zero-order chi connectivity index (χ0) is 18.6. The highest BCUT2D eigenvalue weighted by Crippen LogP contribution is 2.36. The number of anilines is 1. The molecule has 25 heavy (non-hydrogen) atoms. The second-order valence-electron chi connectivity index (χ2n) is 4.83. The highest BCUT2D eigenvalue weighted by Gasteiger charge is 2.21. The van der Waals surface area contributed by atoms with E-state index in [0.29, 0.717) is 33.9 Å². The number of carboxylic acids is 1. The van der Waals surface area contributed by atoms with Gasteiger partial charge in [-0.2, -0.15) is 0 Å². The van der Waals surface area contributed by atoms with Crippen molar-refractivity contribution in [1.29, 1.82) is 0 Å². The molecule has 1 aromatic carbocycles. The number of carboxylic acid groups (broad SMARTS) is 1. The minimum absolute atomic E-state index is 0.119. The van der Waals surface area contributed by atoms with Crippen LogP contribution in [0.4, 0.5) is 5.69 Å². The van der Waals surface area contributed by atoms with Crippen LogP contribution < -0.4 is 5.73 Å². The summed E-state index contributed by atoms with van der Waals surface area (Å²) in [5.74, 6) is -0.0317. The summed E-state index contributed by atoms with van der Waals surface area (Å²) in [6.45, 7) is 9.56. The zero-order valence-electron chi connectivity index (χ0n) is 14.4. The Hall–Kier alpha value is -3.28. The van der Waals surface area contributed by atoms with E-state index in [1.54, 1.807) is 12.1 Å². The van der Waals surface area contributed by atoms with Crippen LogP contribution in [-0.2, 0) is 0 Å². The lowest BCUT2D eigenvalue weighted by molar-refractivity contribution is 0.0697. The van der Waals surface area contributed by atoms with Gasteiger partial charge in [-0.1, -0.05) is 32.6 Å². The third-order valence-corrected chi connectivity index (χ3v) is 3.36. The molecule has 0 radical (unpaired) electrons. The third-order valence-electron chi connectivity index (χ3n) is 3.36. The van der Waals surface area contributed by atoms with E-state index < -0.39 is 5.97 Å². The summed E-state index contributed by atoms with van der Waals surface area (Å²) in [5.41, 5.74) is 8.19. The molecule has 0 aliphatic heterocycles. The summed E-state index contributed by atoms with van der Waals surface area (Å²) < 4.78 is 11.3. The molecule has 0 aliphatic rings. The van der Waals surface area contributed by atoms with Gasteiger partial charge in [-0.15, -0.1) is 0 Å². The third kappa shape index (κ3) is 3.33. The molecule has 3 rings (SSSR count). The Bertz CT molecular complexity index is 948. The first-order chi connectivity index (χ1) is 12.0. The van der Waals surface area contributed by atoms with Gasteiger partial charge in [0, 0.05) is 5.56 Å². The maximum atomic E-state index is 11.0. The number of oxazole rings is 1. The molecule has 3 aromatic rings. The number of nitrogen functional groups attached to an aromatic ring is 1. The van der Waals surface area contributed by atoms with E-state index in [1.807, 2.05) is 32.9 Å². The van der Waals surface area contributed by atoms with Gasteiger partial charge >= 0.3 is 5.97 Å². The van der Waals surface area contributed by atoms with E-state index in [1.165, 1.54) is 12.1 Å². The van der Waals surface area contributed by atoms with Crippen LogP contribution in [0.25, 0.3) is 34.9 Å². The molecule has 6 heteroatoms. The molecule has 130 valence electrons. The molecule has 2 aromatic heterocycles. The average Bonchev–Trinajstić information content (AvgIpc) is 3.17. The van der Waals surface area contributed by atoms with Crippen LogP contribution in [-0.4, -0.2) is 16.1 Å². The number of hydrogen-bond donors (Lipinski definition) is 2. The Morgan fingerprint density at radius 2 is 2.04 bits per heavy atom. The SMILES string of the molecule is C=Cc1oc(-c2nc3ccc(C(=O)O)cc3o2)c(N)c1/C=C\C.CC. The molecular formula is C19H20N2O4. The Kier molecular flexibility index (Phi) is 5.44. The van der Waals surface area contributed by atoms with Crippen molar-refractivity contribution in [2.24, 2.45) is 0 Å². The average molecular weight is 340 g/mol. The highest BCUT2D eigenvalue weighted by atomic mass is 16.4. The van der Waals surface area contributed by atoms with Crippen molar-refractivity contribution in [3.8, 4) is 11.7 Å². The van der Waals surface area contributed by atoms with Crippen molar-refractivity contribution in [2.75, 3.05) is 5.73 Å². The second kappa shape index (κ2) is 7.53. The number of aromatic nitrogens is 1. The van der Waals surface area contributed by atoms with Crippen LogP contribution in [0.1, 0.15) is 42.5 Å². The summed E-state index contributed by atoms with van der Waals surface area (Å²) >= 11 is 0. The Labute approximate surface area is 145 Å². The first-order valence-electron chi connectivity index (χ1n) is 7.86. The Morgan fingerprint density at radius 1 is 1.32 bits per heavy atom. The van der Waals surface area contributed by atoms with Gasteiger partial charge in [-0.05, 0) is 31.2 Å². The van der Waals surface area contributed by atoms with E-state index in [2.05, 4.69) is 11.6 Å². The van der Waals surface area contributed by atoms with E-state index in [0.717, 1.165) is 0 Å². The van der Waals surface area contributed by atoms with E-state index in [-0.39, 0.29) is 11.5 Å². The molecule has 0 aliphatic carbocycles.